The van der Waals surface area contributed by atoms with Gasteiger partial charge in [0.05, 0.1) is 26.7 Å². The topological polar surface area (TPSA) is 29.1 Å². The fraction of sp³-hybridized carbons (Fsp3) is 0.409. The van der Waals surface area contributed by atoms with Crippen molar-refractivity contribution in [3.63, 3.8) is 0 Å². The van der Waals surface area contributed by atoms with Crippen molar-refractivity contribution in [3.8, 4) is 0 Å². The predicted molar refractivity (Wildman–Crippen MR) is 104 cm³/mol. The summed E-state index contributed by atoms with van der Waals surface area (Å²) in [6, 6.07) is 20.4. The molecule has 0 atom stereocenters. The molecule has 4 heteroatoms. The van der Waals surface area contributed by atoms with Crippen LogP contribution in [0.15, 0.2) is 60.7 Å². The first-order valence-corrected chi connectivity index (χ1v) is 9.19. The summed E-state index contributed by atoms with van der Waals surface area (Å²) in [4.78, 5) is 13.2. The minimum atomic E-state index is -0.666. The SMILES string of the molecule is CC[N+](C)(CC)CCC(C(=O)NC)(c1ccccc1)c1ccccc1.[Br-]. The standard InChI is InChI=1S/C22H30N2O.BrH/c1-5-24(4,6-2)18-17-22(21(25)23-3,19-13-9-7-10-14-19)20-15-11-8-12-16-20;/h7-16H,5-6,17-18H2,1-4H3;1H. The van der Waals surface area contributed by atoms with E-state index >= 15 is 0 Å². The number of carbonyl (C=O) groups excluding carboxylic acids is 1. The molecule has 2 aromatic rings. The first kappa shape index (κ1) is 22.4. The number of nitrogens with one attached hydrogen (secondary N) is 1. The molecule has 0 unspecified atom stereocenters. The van der Waals surface area contributed by atoms with E-state index in [0.29, 0.717) is 0 Å². The molecule has 0 fully saturated rings. The van der Waals surface area contributed by atoms with Crippen LogP contribution in [0.1, 0.15) is 31.4 Å². The van der Waals surface area contributed by atoms with Crippen molar-refractivity contribution in [1.29, 1.82) is 0 Å². The molecule has 0 aliphatic rings. The van der Waals surface area contributed by atoms with Gasteiger partial charge in [-0.1, -0.05) is 60.7 Å². The van der Waals surface area contributed by atoms with Crippen LogP contribution in [0.3, 0.4) is 0 Å². The Kier molecular flexibility index (Phi) is 8.51. The van der Waals surface area contributed by atoms with Crippen LogP contribution >= 0.6 is 0 Å². The van der Waals surface area contributed by atoms with E-state index in [0.717, 1.165) is 41.7 Å². The van der Waals surface area contributed by atoms with Gasteiger partial charge in [-0.2, -0.15) is 0 Å². The summed E-state index contributed by atoms with van der Waals surface area (Å²) in [6.07, 6.45) is 0.777. The highest BCUT2D eigenvalue weighted by molar-refractivity contribution is 5.92. The normalized spacial score (nSPS) is 11.5. The van der Waals surface area contributed by atoms with Gasteiger partial charge < -0.3 is 26.8 Å². The lowest BCUT2D eigenvalue weighted by Gasteiger charge is -2.38. The second-order valence-electron chi connectivity index (χ2n) is 6.94. The molecule has 0 spiro atoms. The zero-order valence-electron chi connectivity index (χ0n) is 16.3. The van der Waals surface area contributed by atoms with Crippen LogP contribution in [0, 0.1) is 0 Å². The molecule has 3 nitrogen and oxygen atoms in total. The Balaban J connectivity index is 0.00000338. The summed E-state index contributed by atoms with van der Waals surface area (Å²) in [5.74, 6) is 0.0589. The minimum absolute atomic E-state index is 0. The molecule has 0 bridgehead atoms. The summed E-state index contributed by atoms with van der Waals surface area (Å²) in [7, 11) is 4.00. The lowest BCUT2D eigenvalue weighted by Crippen LogP contribution is -3.00. The van der Waals surface area contributed by atoms with Gasteiger partial charge in [-0.3, -0.25) is 4.79 Å². The average Bonchev–Trinajstić information content (AvgIpc) is 2.69. The van der Waals surface area contributed by atoms with E-state index in [4.69, 9.17) is 0 Å². The lowest BCUT2D eigenvalue weighted by molar-refractivity contribution is -0.906. The van der Waals surface area contributed by atoms with Gasteiger partial charge in [0.15, 0.2) is 0 Å². The van der Waals surface area contributed by atoms with Crippen molar-refractivity contribution in [2.24, 2.45) is 0 Å². The summed E-state index contributed by atoms with van der Waals surface area (Å²) in [6.45, 7) is 7.50. The fourth-order valence-corrected chi connectivity index (χ4v) is 3.47. The number of nitrogens with zero attached hydrogens (tertiary/aromatic N) is 1. The van der Waals surface area contributed by atoms with E-state index in [2.05, 4.69) is 50.5 Å². The van der Waals surface area contributed by atoms with Crippen molar-refractivity contribution in [2.45, 2.75) is 25.7 Å². The molecule has 0 saturated carbocycles. The fourth-order valence-electron chi connectivity index (χ4n) is 3.47. The van der Waals surface area contributed by atoms with E-state index in [-0.39, 0.29) is 22.9 Å². The molecule has 1 amide bonds. The van der Waals surface area contributed by atoms with E-state index in [1.807, 2.05) is 36.4 Å². The van der Waals surface area contributed by atoms with E-state index < -0.39 is 5.41 Å². The van der Waals surface area contributed by atoms with Crippen LogP contribution in [-0.2, 0) is 10.2 Å². The number of benzene rings is 2. The largest absolute Gasteiger partial charge is 1.00 e. The molecule has 1 N–H and O–H groups in total. The van der Waals surface area contributed by atoms with E-state index in [1.54, 1.807) is 7.05 Å². The molecular weight excluding hydrogens is 388 g/mol. The van der Waals surface area contributed by atoms with Crippen molar-refractivity contribution >= 4 is 5.91 Å². The van der Waals surface area contributed by atoms with Gasteiger partial charge in [0.25, 0.3) is 0 Å². The molecular formula is C22H31BrN2O. The van der Waals surface area contributed by atoms with Gasteiger partial charge in [-0.25, -0.2) is 0 Å². The molecule has 0 aromatic heterocycles. The molecule has 0 heterocycles. The maximum atomic E-state index is 13.2. The minimum Gasteiger partial charge on any atom is -1.00 e. The van der Waals surface area contributed by atoms with Crippen LogP contribution in [0.25, 0.3) is 0 Å². The Morgan fingerprint density at radius 1 is 0.923 bits per heavy atom. The van der Waals surface area contributed by atoms with Gasteiger partial charge >= 0.3 is 0 Å². The van der Waals surface area contributed by atoms with Crippen LogP contribution in [0.2, 0.25) is 0 Å². The number of amides is 1. The second-order valence-corrected chi connectivity index (χ2v) is 6.94. The predicted octanol–water partition coefficient (Wildman–Crippen LogP) is 0.599. The van der Waals surface area contributed by atoms with Gasteiger partial charge in [0.1, 0.15) is 5.41 Å². The average molecular weight is 419 g/mol. The second kappa shape index (κ2) is 9.89. The highest BCUT2D eigenvalue weighted by Crippen LogP contribution is 2.37. The Bertz CT molecular complexity index is 630. The molecule has 0 aliphatic heterocycles. The third-order valence-corrected chi connectivity index (χ3v) is 5.70. The quantitative estimate of drug-likeness (QED) is 0.624. The van der Waals surface area contributed by atoms with E-state index in [9.17, 15) is 4.79 Å². The van der Waals surface area contributed by atoms with Crippen LogP contribution < -0.4 is 22.3 Å². The molecule has 0 saturated heterocycles. The summed E-state index contributed by atoms with van der Waals surface area (Å²) in [5, 5.41) is 2.93. The Morgan fingerprint density at radius 2 is 1.35 bits per heavy atom. The zero-order chi connectivity index (χ0) is 18.3. The molecule has 0 radical (unpaired) electrons. The molecule has 26 heavy (non-hydrogen) atoms. The molecule has 142 valence electrons. The van der Waals surface area contributed by atoms with Crippen LogP contribution in [0.4, 0.5) is 0 Å². The van der Waals surface area contributed by atoms with Crippen molar-refractivity contribution in [2.75, 3.05) is 33.7 Å². The van der Waals surface area contributed by atoms with E-state index in [1.165, 1.54) is 0 Å². The molecule has 0 aliphatic carbocycles. The Hall–Kier alpha value is -1.65. The maximum absolute atomic E-state index is 13.2. The zero-order valence-corrected chi connectivity index (χ0v) is 17.9. The first-order valence-electron chi connectivity index (χ1n) is 9.19. The van der Waals surface area contributed by atoms with Crippen LogP contribution in [-0.4, -0.2) is 44.1 Å². The highest BCUT2D eigenvalue weighted by atomic mass is 79.9. The summed E-state index contributed by atoms with van der Waals surface area (Å²) < 4.78 is 0.957. The van der Waals surface area contributed by atoms with Gasteiger partial charge in [0, 0.05) is 13.5 Å². The maximum Gasteiger partial charge on any atom is 0.235 e. The number of carbonyl (C=O) groups is 1. The summed E-state index contributed by atoms with van der Waals surface area (Å²) >= 11 is 0. The Labute approximate surface area is 168 Å². The third-order valence-electron chi connectivity index (χ3n) is 5.70. The number of quaternary nitrogens is 1. The lowest BCUT2D eigenvalue weighted by atomic mass is 9.71. The molecule has 2 rings (SSSR count). The number of likely N-dealkylation sites (N-methyl/N-ethyl adjacent to an activating group) is 1. The van der Waals surface area contributed by atoms with Gasteiger partial charge in [-0.15, -0.1) is 0 Å². The van der Waals surface area contributed by atoms with Gasteiger partial charge in [0.2, 0.25) is 5.91 Å². The number of hydrogen-bond donors (Lipinski definition) is 1. The molecule has 2 aromatic carbocycles. The highest BCUT2D eigenvalue weighted by Gasteiger charge is 2.42. The smallest absolute Gasteiger partial charge is 0.235 e. The first-order chi connectivity index (χ1) is 12.0. The van der Waals surface area contributed by atoms with Gasteiger partial charge in [-0.05, 0) is 25.0 Å². The van der Waals surface area contributed by atoms with Crippen molar-refractivity contribution in [1.82, 2.24) is 5.32 Å². The Morgan fingerprint density at radius 3 is 1.69 bits per heavy atom. The van der Waals surface area contributed by atoms with Crippen molar-refractivity contribution in [3.05, 3.63) is 71.8 Å². The number of halogens is 1. The number of hydrogen-bond acceptors (Lipinski definition) is 1. The third kappa shape index (κ3) is 4.54. The monoisotopic (exact) mass is 418 g/mol. The summed E-state index contributed by atoms with van der Waals surface area (Å²) in [5.41, 5.74) is 1.44. The number of rotatable bonds is 8. The van der Waals surface area contributed by atoms with Crippen molar-refractivity contribution < 1.29 is 26.3 Å². The van der Waals surface area contributed by atoms with Crippen LogP contribution in [0.5, 0.6) is 0 Å².